The first-order chi connectivity index (χ1) is 10.2. The van der Waals surface area contributed by atoms with Crippen LogP contribution in [0.2, 0.25) is 0 Å². The smallest absolute Gasteiger partial charge is 0.251 e. The van der Waals surface area contributed by atoms with Crippen molar-refractivity contribution in [3.05, 3.63) is 29.8 Å². The van der Waals surface area contributed by atoms with E-state index in [0.717, 1.165) is 12.8 Å². The minimum absolute atomic E-state index is 0.185. The van der Waals surface area contributed by atoms with Gasteiger partial charge in [-0.25, -0.2) is 0 Å². The Morgan fingerprint density at radius 2 is 2.05 bits per heavy atom. The van der Waals surface area contributed by atoms with Crippen LogP contribution in [-0.2, 0) is 0 Å². The molecule has 2 rings (SSSR count). The van der Waals surface area contributed by atoms with Crippen LogP contribution < -0.4 is 10.1 Å². The maximum atomic E-state index is 12.0. The molecule has 4 heteroatoms. The SMILES string of the molecule is C#CCOc1ccc(C(=O)NC[C@@H](O)C2CCCC2)cc1. The van der Waals surface area contributed by atoms with Gasteiger partial charge in [0.2, 0.25) is 0 Å². The number of carbonyl (C=O) groups excluding carboxylic acids is 1. The Kier molecular flexibility index (Phi) is 5.65. The van der Waals surface area contributed by atoms with Crippen LogP contribution >= 0.6 is 0 Å². The molecule has 0 saturated heterocycles. The Labute approximate surface area is 125 Å². The van der Waals surface area contributed by atoms with E-state index in [0.29, 0.717) is 23.8 Å². The van der Waals surface area contributed by atoms with Crippen LogP contribution in [0, 0.1) is 18.3 Å². The number of aliphatic hydroxyl groups excluding tert-OH is 1. The fraction of sp³-hybridized carbons (Fsp3) is 0.471. The second-order valence-electron chi connectivity index (χ2n) is 5.34. The maximum Gasteiger partial charge on any atom is 0.251 e. The molecular formula is C17H21NO3. The van der Waals surface area contributed by atoms with Crippen LogP contribution in [0.4, 0.5) is 0 Å². The Hall–Kier alpha value is -1.99. The predicted octanol–water partition coefficient (Wildman–Crippen LogP) is 1.98. The molecule has 4 nitrogen and oxygen atoms in total. The fourth-order valence-electron chi connectivity index (χ4n) is 2.64. The quantitative estimate of drug-likeness (QED) is 0.787. The van der Waals surface area contributed by atoms with Crippen LogP contribution in [0.5, 0.6) is 5.75 Å². The van der Waals surface area contributed by atoms with Gasteiger partial charge in [0, 0.05) is 12.1 Å². The largest absolute Gasteiger partial charge is 0.481 e. The zero-order valence-corrected chi connectivity index (χ0v) is 12.0. The van der Waals surface area contributed by atoms with Crippen molar-refractivity contribution < 1.29 is 14.6 Å². The minimum atomic E-state index is -0.449. The summed E-state index contributed by atoms with van der Waals surface area (Å²) in [4.78, 5) is 12.0. The van der Waals surface area contributed by atoms with E-state index in [1.807, 2.05) is 0 Å². The van der Waals surface area contributed by atoms with Crippen LogP contribution in [0.15, 0.2) is 24.3 Å². The van der Waals surface area contributed by atoms with Gasteiger partial charge in [-0.1, -0.05) is 18.8 Å². The lowest BCUT2D eigenvalue weighted by molar-refractivity contribution is 0.0840. The summed E-state index contributed by atoms with van der Waals surface area (Å²) in [7, 11) is 0. The van der Waals surface area contributed by atoms with E-state index in [1.165, 1.54) is 12.8 Å². The summed E-state index contributed by atoms with van der Waals surface area (Å²) in [6.45, 7) is 0.512. The fourth-order valence-corrected chi connectivity index (χ4v) is 2.64. The molecule has 0 bridgehead atoms. The number of amides is 1. The van der Waals surface area contributed by atoms with Crippen molar-refractivity contribution in [2.24, 2.45) is 5.92 Å². The third kappa shape index (κ3) is 4.51. The molecule has 0 unspecified atom stereocenters. The Bertz CT molecular complexity index is 498. The molecule has 2 N–H and O–H groups in total. The van der Waals surface area contributed by atoms with Gasteiger partial charge >= 0.3 is 0 Å². The molecule has 1 saturated carbocycles. The zero-order valence-electron chi connectivity index (χ0n) is 12.0. The Balaban J connectivity index is 1.81. The molecule has 1 amide bonds. The third-order valence-electron chi connectivity index (χ3n) is 3.85. The lowest BCUT2D eigenvalue weighted by atomic mass is 10.0. The molecule has 1 aromatic carbocycles. The van der Waals surface area contributed by atoms with Gasteiger partial charge in [-0.2, -0.15) is 0 Å². The Morgan fingerprint density at radius 3 is 2.67 bits per heavy atom. The van der Waals surface area contributed by atoms with Crippen molar-refractivity contribution in [3.8, 4) is 18.1 Å². The number of terminal acetylenes is 1. The van der Waals surface area contributed by atoms with Crippen molar-refractivity contribution in [1.29, 1.82) is 0 Å². The van der Waals surface area contributed by atoms with E-state index in [4.69, 9.17) is 11.2 Å². The topological polar surface area (TPSA) is 58.6 Å². The number of ether oxygens (including phenoxy) is 1. The first kappa shape index (κ1) is 15.4. The molecule has 1 fully saturated rings. The highest BCUT2D eigenvalue weighted by Gasteiger charge is 2.23. The summed E-state index contributed by atoms with van der Waals surface area (Å²) in [6, 6.07) is 6.78. The number of rotatable bonds is 6. The second kappa shape index (κ2) is 7.70. The van der Waals surface area contributed by atoms with Crippen LogP contribution in [-0.4, -0.2) is 30.3 Å². The number of nitrogens with one attached hydrogen (secondary N) is 1. The monoisotopic (exact) mass is 287 g/mol. The molecule has 0 radical (unpaired) electrons. The van der Waals surface area contributed by atoms with Gasteiger partial charge in [0.05, 0.1) is 6.10 Å². The minimum Gasteiger partial charge on any atom is -0.481 e. The van der Waals surface area contributed by atoms with Crippen LogP contribution in [0.1, 0.15) is 36.0 Å². The summed E-state index contributed by atoms with van der Waals surface area (Å²) in [5, 5.41) is 12.8. The van der Waals surface area contributed by atoms with Crippen molar-refractivity contribution in [1.82, 2.24) is 5.32 Å². The van der Waals surface area contributed by atoms with Crippen molar-refractivity contribution in [3.63, 3.8) is 0 Å². The molecule has 0 heterocycles. The molecule has 1 aliphatic carbocycles. The number of aliphatic hydroxyl groups is 1. The van der Waals surface area contributed by atoms with Gasteiger partial charge in [-0.3, -0.25) is 4.79 Å². The van der Waals surface area contributed by atoms with Crippen LogP contribution in [0.25, 0.3) is 0 Å². The second-order valence-corrected chi connectivity index (χ2v) is 5.34. The molecule has 0 spiro atoms. The van der Waals surface area contributed by atoms with E-state index in [2.05, 4.69) is 11.2 Å². The maximum absolute atomic E-state index is 12.0. The molecular weight excluding hydrogens is 266 g/mol. The van der Waals surface area contributed by atoms with Gasteiger partial charge in [0.25, 0.3) is 5.91 Å². The molecule has 0 aliphatic heterocycles. The van der Waals surface area contributed by atoms with E-state index in [1.54, 1.807) is 24.3 Å². The number of benzene rings is 1. The van der Waals surface area contributed by atoms with Gasteiger partial charge in [0.1, 0.15) is 12.4 Å². The van der Waals surface area contributed by atoms with Crippen molar-refractivity contribution >= 4 is 5.91 Å². The number of hydrogen-bond donors (Lipinski definition) is 2. The summed E-state index contributed by atoms with van der Waals surface area (Å²) < 4.78 is 5.25. The third-order valence-corrected chi connectivity index (χ3v) is 3.85. The summed E-state index contributed by atoms with van der Waals surface area (Å²) >= 11 is 0. The first-order valence-corrected chi connectivity index (χ1v) is 7.33. The Morgan fingerprint density at radius 1 is 1.38 bits per heavy atom. The summed E-state index contributed by atoms with van der Waals surface area (Å²) in [5.74, 6) is 3.16. The highest BCUT2D eigenvalue weighted by Crippen LogP contribution is 2.27. The molecule has 21 heavy (non-hydrogen) atoms. The van der Waals surface area contributed by atoms with Crippen LogP contribution in [0.3, 0.4) is 0 Å². The molecule has 112 valence electrons. The van der Waals surface area contributed by atoms with Crippen molar-refractivity contribution in [2.45, 2.75) is 31.8 Å². The molecule has 0 aromatic heterocycles. The zero-order chi connectivity index (χ0) is 15.1. The van der Waals surface area contributed by atoms with E-state index < -0.39 is 6.10 Å². The predicted molar refractivity (Wildman–Crippen MR) is 81.1 cm³/mol. The molecule has 1 aliphatic rings. The van der Waals surface area contributed by atoms with Gasteiger partial charge in [-0.05, 0) is 43.0 Å². The lowest BCUT2D eigenvalue weighted by Crippen LogP contribution is -2.35. The average molecular weight is 287 g/mol. The van der Waals surface area contributed by atoms with Gasteiger partial charge < -0.3 is 15.2 Å². The number of carbonyl (C=O) groups is 1. The first-order valence-electron chi connectivity index (χ1n) is 7.33. The normalized spacial score (nSPS) is 16.2. The highest BCUT2D eigenvalue weighted by molar-refractivity contribution is 5.94. The highest BCUT2D eigenvalue weighted by atomic mass is 16.5. The van der Waals surface area contributed by atoms with Gasteiger partial charge in [-0.15, -0.1) is 6.42 Å². The van der Waals surface area contributed by atoms with E-state index in [9.17, 15) is 9.90 Å². The van der Waals surface area contributed by atoms with E-state index in [-0.39, 0.29) is 12.5 Å². The molecule has 1 atom stereocenters. The lowest BCUT2D eigenvalue weighted by Gasteiger charge is -2.18. The molecule has 1 aromatic rings. The average Bonchev–Trinajstić information content (AvgIpc) is 3.05. The van der Waals surface area contributed by atoms with Crippen molar-refractivity contribution in [2.75, 3.05) is 13.2 Å². The number of hydrogen-bond acceptors (Lipinski definition) is 3. The summed E-state index contributed by atoms with van der Waals surface area (Å²) in [6.07, 6.45) is 9.12. The van der Waals surface area contributed by atoms with E-state index >= 15 is 0 Å². The van der Waals surface area contributed by atoms with Gasteiger partial charge in [0.15, 0.2) is 0 Å². The standard InChI is InChI=1S/C17H21NO3/c1-2-11-21-15-9-7-14(8-10-15)17(20)18-12-16(19)13-5-3-4-6-13/h1,7-10,13,16,19H,3-6,11-12H2,(H,18,20)/t16-/m1/s1. The summed E-state index contributed by atoms with van der Waals surface area (Å²) in [5.41, 5.74) is 0.543.